The van der Waals surface area contributed by atoms with Crippen LogP contribution in [0, 0.1) is 6.92 Å². The van der Waals surface area contributed by atoms with Crippen LogP contribution < -0.4 is 0 Å². The van der Waals surface area contributed by atoms with E-state index >= 15 is 0 Å². The van der Waals surface area contributed by atoms with E-state index in [1.165, 1.54) is 0 Å². The van der Waals surface area contributed by atoms with Gasteiger partial charge in [0.15, 0.2) is 6.29 Å². The van der Waals surface area contributed by atoms with E-state index in [1.54, 1.807) is 0 Å². The van der Waals surface area contributed by atoms with Gasteiger partial charge in [0.25, 0.3) is 0 Å². The number of hydrogen-bond donors (Lipinski definition) is 0. The van der Waals surface area contributed by atoms with E-state index in [0.717, 1.165) is 22.3 Å². The molecule has 1 aliphatic rings. The molecule has 0 unspecified atom stereocenters. The van der Waals surface area contributed by atoms with E-state index in [0.29, 0.717) is 13.2 Å². The van der Waals surface area contributed by atoms with Crippen LogP contribution in [0.15, 0.2) is 28.7 Å². The van der Waals surface area contributed by atoms with Gasteiger partial charge in [0, 0.05) is 10.9 Å². The molecule has 1 aliphatic heterocycles. The minimum Gasteiger partial charge on any atom is -0.461 e. The molecule has 0 spiro atoms. The fraction of sp³-hybridized carbons (Fsp3) is 0.333. The Morgan fingerprint density at radius 2 is 1.93 bits per heavy atom. The van der Waals surface area contributed by atoms with Crippen LogP contribution in [0.3, 0.4) is 0 Å². The highest BCUT2D eigenvalue weighted by molar-refractivity contribution is 5.78. The fourth-order valence-corrected chi connectivity index (χ4v) is 1.89. The number of aryl methyl sites for hydroxylation is 1. The van der Waals surface area contributed by atoms with Crippen molar-refractivity contribution < 1.29 is 13.9 Å². The average molecular weight is 204 g/mol. The van der Waals surface area contributed by atoms with Crippen molar-refractivity contribution in [2.24, 2.45) is 0 Å². The lowest BCUT2D eigenvalue weighted by Gasteiger charge is -2.08. The molecule has 0 amide bonds. The Morgan fingerprint density at radius 3 is 2.73 bits per heavy atom. The number of ether oxygens (including phenoxy) is 2. The van der Waals surface area contributed by atoms with Crippen molar-refractivity contribution in [2.45, 2.75) is 13.2 Å². The zero-order chi connectivity index (χ0) is 10.3. The van der Waals surface area contributed by atoms with Crippen molar-refractivity contribution in [1.29, 1.82) is 0 Å². The third-order valence-corrected chi connectivity index (χ3v) is 2.56. The highest BCUT2D eigenvalue weighted by atomic mass is 16.7. The van der Waals surface area contributed by atoms with E-state index in [2.05, 4.69) is 6.07 Å². The maximum absolute atomic E-state index is 5.50. The Kier molecular flexibility index (Phi) is 2.01. The Morgan fingerprint density at radius 1 is 1.13 bits per heavy atom. The highest BCUT2D eigenvalue weighted by Crippen LogP contribution is 2.27. The SMILES string of the molecule is Cc1cc2cc(C3OCCO3)ccc2o1. The molecule has 0 N–H and O–H groups in total. The standard InChI is InChI=1S/C12H12O3/c1-8-6-10-7-9(2-3-11(10)15-8)12-13-4-5-14-12/h2-3,6-7,12H,4-5H2,1H3. The zero-order valence-electron chi connectivity index (χ0n) is 8.53. The number of benzene rings is 1. The van der Waals surface area contributed by atoms with E-state index in [-0.39, 0.29) is 6.29 Å². The Bertz CT molecular complexity index is 481. The monoisotopic (exact) mass is 204 g/mol. The van der Waals surface area contributed by atoms with Crippen LogP contribution in [0.2, 0.25) is 0 Å². The molecule has 78 valence electrons. The smallest absolute Gasteiger partial charge is 0.184 e. The molecule has 1 fully saturated rings. The van der Waals surface area contributed by atoms with Crippen molar-refractivity contribution >= 4 is 11.0 Å². The van der Waals surface area contributed by atoms with Gasteiger partial charge in [-0.2, -0.15) is 0 Å². The van der Waals surface area contributed by atoms with Crippen LogP contribution in [0.25, 0.3) is 11.0 Å². The van der Waals surface area contributed by atoms with Gasteiger partial charge in [-0.3, -0.25) is 0 Å². The number of hydrogen-bond acceptors (Lipinski definition) is 3. The maximum Gasteiger partial charge on any atom is 0.184 e. The highest BCUT2D eigenvalue weighted by Gasteiger charge is 2.18. The molecular formula is C12H12O3. The number of furan rings is 1. The second kappa shape index (κ2) is 3.36. The molecule has 3 heteroatoms. The summed E-state index contributed by atoms with van der Waals surface area (Å²) in [5.41, 5.74) is 1.97. The van der Waals surface area contributed by atoms with Gasteiger partial charge in [-0.15, -0.1) is 0 Å². The van der Waals surface area contributed by atoms with Gasteiger partial charge in [0.05, 0.1) is 13.2 Å². The second-order valence-electron chi connectivity index (χ2n) is 3.73. The van der Waals surface area contributed by atoms with Gasteiger partial charge < -0.3 is 13.9 Å². The van der Waals surface area contributed by atoms with Crippen LogP contribution in [-0.2, 0) is 9.47 Å². The van der Waals surface area contributed by atoms with Crippen molar-refractivity contribution in [3.63, 3.8) is 0 Å². The zero-order valence-corrected chi connectivity index (χ0v) is 8.53. The fourth-order valence-electron chi connectivity index (χ4n) is 1.89. The minimum atomic E-state index is -0.204. The van der Waals surface area contributed by atoms with Gasteiger partial charge in [0.2, 0.25) is 0 Å². The first-order valence-corrected chi connectivity index (χ1v) is 5.06. The summed E-state index contributed by atoms with van der Waals surface area (Å²) in [4.78, 5) is 0. The molecule has 0 atom stereocenters. The largest absolute Gasteiger partial charge is 0.461 e. The summed E-state index contributed by atoms with van der Waals surface area (Å²) in [5.74, 6) is 0.926. The average Bonchev–Trinajstić information content (AvgIpc) is 2.82. The van der Waals surface area contributed by atoms with E-state index in [4.69, 9.17) is 13.9 Å². The Balaban J connectivity index is 2.04. The predicted molar refractivity (Wildman–Crippen MR) is 55.6 cm³/mol. The topological polar surface area (TPSA) is 31.6 Å². The first kappa shape index (κ1) is 8.95. The molecule has 0 saturated carbocycles. The van der Waals surface area contributed by atoms with E-state index in [1.807, 2.05) is 25.1 Å². The third kappa shape index (κ3) is 1.54. The molecule has 0 bridgehead atoms. The van der Waals surface area contributed by atoms with Gasteiger partial charge >= 0.3 is 0 Å². The summed E-state index contributed by atoms with van der Waals surface area (Å²) >= 11 is 0. The lowest BCUT2D eigenvalue weighted by molar-refractivity contribution is -0.0440. The Labute approximate surface area is 87.6 Å². The second-order valence-corrected chi connectivity index (χ2v) is 3.73. The summed E-state index contributed by atoms with van der Waals surface area (Å²) < 4.78 is 16.4. The summed E-state index contributed by atoms with van der Waals surface area (Å²) in [6, 6.07) is 8.03. The van der Waals surface area contributed by atoms with Crippen molar-refractivity contribution in [3.05, 3.63) is 35.6 Å². The lowest BCUT2D eigenvalue weighted by atomic mass is 10.1. The molecule has 0 aliphatic carbocycles. The van der Waals surface area contributed by atoms with E-state index < -0.39 is 0 Å². The first-order chi connectivity index (χ1) is 7.33. The van der Waals surface area contributed by atoms with Gasteiger partial charge in [-0.05, 0) is 25.1 Å². The van der Waals surface area contributed by atoms with Crippen LogP contribution in [0.4, 0.5) is 0 Å². The van der Waals surface area contributed by atoms with Crippen LogP contribution >= 0.6 is 0 Å². The molecule has 3 nitrogen and oxygen atoms in total. The minimum absolute atomic E-state index is 0.204. The predicted octanol–water partition coefficient (Wildman–Crippen LogP) is 2.79. The first-order valence-electron chi connectivity index (χ1n) is 5.06. The molecule has 15 heavy (non-hydrogen) atoms. The summed E-state index contributed by atoms with van der Waals surface area (Å²) in [5, 5.41) is 1.10. The molecule has 3 rings (SSSR count). The summed E-state index contributed by atoms with van der Waals surface area (Å²) in [6.07, 6.45) is -0.204. The van der Waals surface area contributed by atoms with Crippen molar-refractivity contribution in [2.75, 3.05) is 13.2 Å². The van der Waals surface area contributed by atoms with Crippen LogP contribution in [0.5, 0.6) is 0 Å². The molecule has 2 heterocycles. The van der Waals surface area contributed by atoms with Crippen LogP contribution in [0.1, 0.15) is 17.6 Å². The molecule has 1 aromatic carbocycles. The van der Waals surface area contributed by atoms with Crippen molar-refractivity contribution in [3.8, 4) is 0 Å². The quantitative estimate of drug-likeness (QED) is 0.715. The maximum atomic E-state index is 5.50. The summed E-state index contributed by atoms with van der Waals surface area (Å²) in [7, 11) is 0. The number of fused-ring (bicyclic) bond motifs is 1. The van der Waals surface area contributed by atoms with Crippen LogP contribution in [-0.4, -0.2) is 13.2 Å². The van der Waals surface area contributed by atoms with Gasteiger partial charge in [0.1, 0.15) is 11.3 Å². The summed E-state index contributed by atoms with van der Waals surface area (Å²) in [6.45, 7) is 3.29. The van der Waals surface area contributed by atoms with E-state index in [9.17, 15) is 0 Å². The molecular weight excluding hydrogens is 192 g/mol. The van der Waals surface area contributed by atoms with Crippen molar-refractivity contribution in [1.82, 2.24) is 0 Å². The normalized spacial score (nSPS) is 17.7. The molecule has 1 aromatic heterocycles. The molecule has 0 radical (unpaired) electrons. The Hall–Kier alpha value is -1.32. The third-order valence-electron chi connectivity index (χ3n) is 2.56. The van der Waals surface area contributed by atoms with Gasteiger partial charge in [-0.1, -0.05) is 6.07 Å². The molecule has 1 saturated heterocycles. The molecule has 2 aromatic rings. The number of rotatable bonds is 1. The van der Waals surface area contributed by atoms with Gasteiger partial charge in [-0.25, -0.2) is 0 Å². The lowest BCUT2D eigenvalue weighted by Crippen LogP contribution is -1.96.